The lowest BCUT2D eigenvalue weighted by atomic mass is 10.1. The van der Waals surface area contributed by atoms with Gasteiger partial charge < -0.3 is 15.8 Å². The third kappa shape index (κ3) is 4.96. The van der Waals surface area contributed by atoms with Crippen molar-refractivity contribution in [1.29, 1.82) is 0 Å². The number of hydrogen-bond donors (Lipinski definition) is 2. The van der Waals surface area contributed by atoms with Crippen LogP contribution < -0.4 is 11.1 Å². The van der Waals surface area contributed by atoms with Crippen LogP contribution in [0.15, 0.2) is 18.2 Å². The number of benzene rings is 1. The largest absolute Gasteiger partial charge is 0.389 e. The first-order valence-corrected chi connectivity index (χ1v) is 6.74. The second-order valence-electron chi connectivity index (χ2n) is 4.21. The molecular formula is C14H20N2O2S. The molecule has 1 aromatic rings. The lowest BCUT2D eigenvalue weighted by Gasteiger charge is -2.12. The molecule has 0 aliphatic heterocycles. The average molecular weight is 280 g/mol. The van der Waals surface area contributed by atoms with Crippen molar-refractivity contribution in [3.8, 4) is 0 Å². The first-order valence-electron chi connectivity index (χ1n) is 6.33. The van der Waals surface area contributed by atoms with Gasteiger partial charge in [-0.1, -0.05) is 24.4 Å². The summed E-state index contributed by atoms with van der Waals surface area (Å²) in [6.07, 6.45) is 1.12. The van der Waals surface area contributed by atoms with Crippen molar-refractivity contribution in [3.63, 3.8) is 0 Å². The maximum absolute atomic E-state index is 11.8. The molecule has 0 aromatic heterocycles. The minimum atomic E-state index is -0.0530. The third-order valence-corrected chi connectivity index (χ3v) is 2.89. The van der Waals surface area contributed by atoms with Crippen molar-refractivity contribution in [2.75, 3.05) is 18.5 Å². The summed E-state index contributed by atoms with van der Waals surface area (Å²) < 4.78 is 5.19. The molecule has 0 bridgehead atoms. The molecule has 104 valence electrons. The van der Waals surface area contributed by atoms with E-state index in [1.165, 1.54) is 0 Å². The predicted octanol–water partition coefficient (Wildman–Crippen LogP) is 2.38. The van der Waals surface area contributed by atoms with E-state index in [2.05, 4.69) is 5.32 Å². The summed E-state index contributed by atoms with van der Waals surface area (Å²) in [5.74, 6) is -0.0530. The smallest absolute Gasteiger partial charge is 0.224 e. The number of nitrogens with two attached hydrogens (primary N) is 1. The number of aryl methyl sites for hydroxylation is 1. The predicted molar refractivity (Wildman–Crippen MR) is 81.4 cm³/mol. The summed E-state index contributed by atoms with van der Waals surface area (Å²) in [6.45, 7) is 5.12. The van der Waals surface area contributed by atoms with Crippen LogP contribution in [0.5, 0.6) is 0 Å². The molecule has 3 N–H and O–H groups in total. The van der Waals surface area contributed by atoms with Gasteiger partial charge in [-0.3, -0.25) is 4.79 Å². The van der Waals surface area contributed by atoms with Crippen LogP contribution in [0, 0.1) is 6.92 Å². The van der Waals surface area contributed by atoms with E-state index in [0.29, 0.717) is 36.7 Å². The highest BCUT2D eigenvalue weighted by molar-refractivity contribution is 7.80. The molecule has 0 radical (unpaired) electrons. The average Bonchev–Trinajstić information content (AvgIpc) is 2.34. The molecule has 0 aliphatic rings. The molecule has 19 heavy (non-hydrogen) atoms. The van der Waals surface area contributed by atoms with E-state index in [0.717, 1.165) is 11.1 Å². The summed E-state index contributed by atoms with van der Waals surface area (Å²) in [4.78, 5) is 12.1. The van der Waals surface area contributed by atoms with Crippen LogP contribution in [0.2, 0.25) is 0 Å². The summed E-state index contributed by atoms with van der Waals surface area (Å²) in [5, 5.41) is 2.85. The van der Waals surface area contributed by atoms with Gasteiger partial charge in [0.2, 0.25) is 5.91 Å². The van der Waals surface area contributed by atoms with Crippen molar-refractivity contribution >= 4 is 28.8 Å². The number of thiocarbonyl (C=S) groups is 1. The van der Waals surface area contributed by atoms with Crippen LogP contribution in [0.1, 0.15) is 30.9 Å². The lowest BCUT2D eigenvalue weighted by molar-refractivity contribution is -0.116. The number of amides is 1. The topological polar surface area (TPSA) is 64.3 Å². The second-order valence-corrected chi connectivity index (χ2v) is 4.65. The number of anilines is 1. The Labute approximate surface area is 119 Å². The van der Waals surface area contributed by atoms with E-state index in [4.69, 9.17) is 22.7 Å². The number of carbonyl (C=O) groups excluding carboxylic acids is 1. The fourth-order valence-corrected chi connectivity index (χ4v) is 2.06. The molecule has 5 heteroatoms. The maximum Gasteiger partial charge on any atom is 0.224 e. The third-order valence-electron chi connectivity index (χ3n) is 2.69. The highest BCUT2D eigenvalue weighted by Gasteiger charge is 2.10. The van der Waals surface area contributed by atoms with Crippen molar-refractivity contribution in [2.45, 2.75) is 26.7 Å². The summed E-state index contributed by atoms with van der Waals surface area (Å²) in [5.41, 5.74) is 8.06. The molecule has 0 heterocycles. The zero-order valence-corrected chi connectivity index (χ0v) is 12.2. The first-order chi connectivity index (χ1) is 9.06. The maximum atomic E-state index is 11.8. The standard InChI is InChI=1S/C14H20N2O2S/c1-3-18-9-5-8-12(17)16-11-7-4-6-10(2)13(11)14(15)19/h4,6-7H,3,5,8-9H2,1-2H3,(H2,15,19)(H,16,17). The van der Waals surface area contributed by atoms with Crippen molar-refractivity contribution < 1.29 is 9.53 Å². The molecule has 0 saturated heterocycles. The number of rotatable bonds is 7. The van der Waals surface area contributed by atoms with Crippen LogP contribution in [-0.2, 0) is 9.53 Å². The fourth-order valence-electron chi connectivity index (χ4n) is 1.79. The Bertz CT molecular complexity index is 461. The van der Waals surface area contributed by atoms with Crippen LogP contribution >= 0.6 is 12.2 Å². The van der Waals surface area contributed by atoms with Gasteiger partial charge in [-0.05, 0) is 31.9 Å². The molecule has 1 aromatic carbocycles. The van der Waals surface area contributed by atoms with E-state index in [1.807, 2.05) is 32.0 Å². The van der Waals surface area contributed by atoms with Gasteiger partial charge in [0.1, 0.15) is 4.99 Å². The molecule has 0 saturated carbocycles. The minimum absolute atomic E-state index is 0.0530. The van der Waals surface area contributed by atoms with Crippen LogP contribution in [0.3, 0.4) is 0 Å². The number of nitrogens with one attached hydrogen (secondary N) is 1. The Morgan fingerprint density at radius 3 is 2.84 bits per heavy atom. The van der Waals surface area contributed by atoms with Gasteiger partial charge >= 0.3 is 0 Å². The Morgan fingerprint density at radius 2 is 2.21 bits per heavy atom. The van der Waals surface area contributed by atoms with Gasteiger partial charge in [-0.2, -0.15) is 0 Å². The second kappa shape index (κ2) is 7.86. The summed E-state index contributed by atoms with van der Waals surface area (Å²) >= 11 is 5.02. The molecular weight excluding hydrogens is 260 g/mol. The van der Waals surface area contributed by atoms with Gasteiger partial charge in [0.25, 0.3) is 0 Å². The van der Waals surface area contributed by atoms with E-state index in [-0.39, 0.29) is 5.91 Å². The van der Waals surface area contributed by atoms with Crippen molar-refractivity contribution in [1.82, 2.24) is 0 Å². The van der Waals surface area contributed by atoms with Crippen LogP contribution in [-0.4, -0.2) is 24.1 Å². The Morgan fingerprint density at radius 1 is 1.47 bits per heavy atom. The SMILES string of the molecule is CCOCCCC(=O)Nc1cccc(C)c1C(N)=S. The molecule has 0 fully saturated rings. The monoisotopic (exact) mass is 280 g/mol. The van der Waals surface area contributed by atoms with E-state index >= 15 is 0 Å². The zero-order valence-electron chi connectivity index (χ0n) is 11.4. The number of ether oxygens (including phenoxy) is 1. The molecule has 0 atom stereocenters. The van der Waals surface area contributed by atoms with Crippen LogP contribution in [0.4, 0.5) is 5.69 Å². The van der Waals surface area contributed by atoms with Gasteiger partial charge in [-0.15, -0.1) is 0 Å². The zero-order chi connectivity index (χ0) is 14.3. The van der Waals surface area contributed by atoms with Gasteiger partial charge in [0, 0.05) is 25.2 Å². The summed E-state index contributed by atoms with van der Waals surface area (Å²) in [6, 6.07) is 5.59. The van der Waals surface area contributed by atoms with E-state index < -0.39 is 0 Å². The first kappa shape index (κ1) is 15.6. The summed E-state index contributed by atoms with van der Waals surface area (Å²) in [7, 11) is 0. The van der Waals surface area contributed by atoms with Gasteiger partial charge in [-0.25, -0.2) is 0 Å². The normalized spacial score (nSPS) is 10.2. The highest BCUT2D eigenvalue weighted by atomic mass is 32.1. The molecule has 4 nitrogen and oxygen atoms in total. The quantitative estimate of drug-likeness (QED) is 0.594. The van der Waals surface area contributed by atoms with Gasteiger partial charge in [0.05, 0.1) is 5.69 Å². The minimum Gasteiger partial charge on any atom is -0.389 e. The van der Waals surface area contributed by atoms with Crippen LogP contribution in [0.25, 0.3) is 0 Å². The van der Waals surface area contributed by atoms with Crippen molar-refractivity contribution in [2.24, 2.45) is 5.73 Å². The Balaban J connectivity index is 2.64. The number of hydrogen-bond acceptors (Lipinski definition) is 3. The molecule has 0 aliphatic carbocycles. The molecule has 0 unspecified atom stereocenters. The Hall–Kier alpha value is -1.46. The molecule has 1 amide bonds. The number of carbonyl (C=O) groups is 1. The Kier molecular flexibility index (Phi) is 6.45. The molecule has 1 rings (SSSR count). The van der Waals surface area contributed by atoms with Crippen molar-refractivity contribution in [3.05, 3.63) is 29.3 Å². The lowest BCUT2D eigenvalue weighted by Crippen LogP contribution is -2.18. The highest BCUT2D eigenvalue weighted by Crippen LogP contribution is 2.19. The van der Waals surface area contributed by atoms with E-state index in [9.17, 15) is 4.79 Å². The molecule has 0 spiro atoms. The van der Waals surface area contributed by atoms with Gasteiger partial charge in [0.15, 0.2) is 0 Å². The fraction of sp³-hybridized carbons (Fsp3) is 0.429. The van der Waals surface area contributed by atoms with E-state index in [1.54, 1.807) is 0 Å².